The third-order valence-electron chi connectivity index (χ3n) is 5.96. The molecule has 4 aliphatic carbocycles. The summed E-state index contributed by atoms with van der Waals surface area (Å²) in [6.45, 7) is 9.35. The number of aromatic nitrogens is 2. The van der Waals surface area contributed by atoms with Crippen LogP contribution in [0, 0.1) is 17.8 Å². The Morgan fingerprint density at radius 2 is 1.96 bits per heavy atom. The van der Waals surface area contributed by atoms with Crippen molar-refractivity contribution in [2.75, 3.05) is 0 Å². The summed E-state index contributed by atoms with van der Waals surface area (Å²) in [7, 11) is 0. The summed E-state index contributed by atoms with van der Waals surface area (Å²) >= 11 is 0. The molecular weight excluding hydrogens is 304 g/mol. The van der Waals surface area contributed by atoms with Gasteiger partial charge in [-0.1, -0.05) is 11.7 Å². The molecule has 4 bridgehead atoms. The van der Waals surface area contributed by atoms with Crippen molar-refractivity contribution in [2.24, 2.45) is 17.8 Å². The van der Waals surface area contributed by atoms with Crippen LogP contribution in [0.5, 0.6) is 0 Å². The zero-order valence-electron chi connectivity index (χ0n) is 14.8. The molecule has 0 aliphatic heterocycles. The molecule has 0 radical (unpaired) electrons. The van der Waals surface area contributed by atoms with Gasteiger partial charge in [0.15, 0.2) is 5.82 Å². The van der Waals surface area contributed by atoms with Crippen LogP contribution in [0.2, 0.25) is 0 Å². The number of hydrogen-bond acceptors (Lipinski definition) is 5. The van der Waals surface area contributed by atoms with Crippen LogP contribution in [0.3, 0.4) is 0 Å². The van der Waals surface area contributed by atoms with Gasteiger partial charge in [0.05, 0.1) is 6.42 Å². The number of esters is 1. The molecule has 5 nitrogen and oxygen atoms in total. The van der Waals surface area contributed by atoms with Crippen molar-refractivity contribution in [3.8, 4) is 0 Å². The van der Waals surface area contributed by atoms with E-state index < -0.39 is 11.6 Å². The molecule has 0 saturated heterocycles. The molecule has 2 atom stereocenters. The van der Waals surface area contributed by atoms with Gasteiger partial charge >= 0.3 is 5.97 Å². The summed E-state index contributed by atoms with van der Waals surface area (Å²) in [6.07, 6.45) is 6.71. The van der Waals surface area contributed by atoms with Gasteiger partial charge in [-0.3, -0.25) is 0 Å². The quantitative estimate of drug-likeness (QED) is 0.623. The van der Waals surface area contributed by atoms with Crippen LogP contribution < -0.4 is 0 Å². The van der Waals surface area contributed by atoms with Gasteiger partial charge in [0, 0.05) is 11.0 Å². The van der Waals surface area contributed by atoms with Crippen LogP contribution in [-0.2, 0) is 21.4 Å². The fraction of sp³-hybridized carbons (Fsp3) is 0.737. The largest absolute Gasteiger partial charge is 0.457 e. The highest BCUT2D eigenvalue weighted by Gasteiger charge is 2.60. The summed E-state index contributed by atoms with van der Waals surface area (Å²) in [5, 5.41) is 4.29. The molecule has 4 fully saturated rings. The van der Waals surface area contributed by atoms with E-state index in [-0.39, 0.29) is 11.8 Å². The zero-order valence-corrected chi connectivity index (χ0v) is 14.8. The first-order valence-electron chi connectivity index (χ1n) is 8.99. The van der Waals surface area contributed by atoms with E-state index in [4.69, 9.17) is 9.26 Å². The number of carbonyl (C=O) groups is 1. The number of rotatable bonds is 4. The van der Waals surface area contributed by atoms with Crippen molar-refractivity contribution in [1.82, 2.24) is 10.1 Å². The van der Waals surface area contributed by atoms with E-state index in [0.29, 0.717) is 11.5 Å². The second kappa shape index (κ2) is 5.17. The highest BCUT2D eigenvalue weighted by atomic mass is 16.6. The second-order valence-corrected chi connectivity index (χ2v) is 8.99. The molecule has 1 heterocycles. The van der Waals surface area contributed by atoms with E-state index in [9.17, 15) is 4.79 Å². The van der Waals surface area contributed by atoms with Crippen LogP contribution in [0.4, 0.5) is 0 Å². The Morgan fingerprint density at radius 3 is 2.58 bits per heavy atom. The summed E-state index contributed by atoms with van der Waals surface area (Å²) in [6, 6.07) is 0. The van der Waals surface area contributed by atoms with Crippen molar-refractivity contribution < 1.29 is 14.1 Å². The van der Waals surface area contributed by atoms with Crippen LogP contribution in [-0.4, -0.2) is 21.7 Å². The van der Waals surface area contributed by atoms with Gasteiger partial charge in [-0.15, -0.1) is 0 Å². The van der Waals surface area contributed by atoms with E-state index in [2.05, 4.69) is 16.7 Å². The third kappa shape index (κ3) is 2.58. The molecule has 5 rings (SSSR count). The first-order valence-corrected chi connectivity index (χ1v) is 8.99. The minimum absolute atomic E-state index is 0.141. The standard InChI is InChI=1S/C19H26N2O3/c1-11(16(22)23-18(2,3)4)5-15-20-17(21-24-15)19-9-12-6-13(10-19)8-14(19)7-12/h12-14H,1,5-10H2,2-4H3. The summed E-state index contributed by atoms with van der Waals surface area (Å²) in [5.41, 5.74) is -0.0290. The Bertz CT molecular complexity index is 671. The lowest BCUT2D eigenvalue weighted by molar-refractivity contribution is -0.150. The van der Waals surface area contributed by atoms with E-state index in [1.165, 1.54) is 32.1 Å². The van der Waals surface area contributed by atoms with Gasteiger partial charge in [0.25, 0.3) is 0 Å². The predicted molar refractivity (Wildman–Crippen MR) is 88.2 cm³/mol. The van der Waals surface area contributed by atoms with Gasteiger partial charge in [0.2, 0.25) is 5.89 Å². The molecule has 24 heavy (non-hydrogen) atoms. The first kappa shape index (κ1) is 15.9. The van der Waals surface area contributed by atoms with E-state index in [0.717, 1.165) is 23.6 Å². The Kier molecular flexibility index (Phi) is 3.42. The van der Waals surface area contributed by atoms with Crippen molar-refractivity contribution >= 4 is 5.97 Å². The molecule has 0 N–H and O–H groups in total. The highest BCUT2D eigenvalue weighted by Crippen LogP contribution is 2.65. The fourth-order valence-corrected chi connectivity index (χ4v) is 5.30. The predicted octanol–water partition coefficient (Wildman–Crippen LogP) is 3.59. The van der Waals surface area contributed by atoms with Crippen molar-refractivity contribution in [3.63, 3.8) is 0 Å². The lowest BCUT2D eigenvalue weighted by Crippen LogP contribution is -2.29. The monoisotopic (exact) mass is 330 g/mol. The summed E-state index contributed by atoms with van der Waals surface area (Å²) < 4.78 is 10.8. The van der Waals surface area contributed by atoms with Crippen LogP contribution >= 0.6 is 0 Å². The van der Waals surface area contributed by atoms with Crippen molar-refractivity contribution in [3.05, 3.63) is 23.9 Å². The van der Waals surface area contributed by atoms with Gasteiger partial charge in [-0.2, -0.15) is 4.98 Å². The normalized spacial score (nSPS) is 33.9. The maximum Gasteiger partial charge on any atom is 0.334 e. The highest BCUT2D eigenvalue weighted by molar-refractivity contribution is 5.88. The minimum atomic E-state index is -0.527. The number of carbonyl (C=O) groups excluding carboxylic acids is 1. The fourth-order valence-electron chi connectivity index (χ4n) is 5.30. The molecule has 4 saturated carbocycles. The summed E-state index contributed by atoms with van der Waals surface area (Å²) in [4.78, 5) is 16.7. The molecule has 130 valence electrons. The lowest BCUT2D eigenvalue weighted by Gasteiger charge is -2.29. The Labute approximate surface area is 142 Å². The average molecular weight is 330 g/mol. The smallest absolute Gasteiger partial charge is 0.334 e. The van der Waals surface area contributed by atoms with Crippen LogP contribution in [0.25, 0.3) is 0 Å². The van der Waals surface area contributed by atoms with Crippen LogP contribution in [0.1, 0.15) is 64.6 Å². The molecule has 0 aromatic carbocycles. The van der Waals surface area contributed by atoms with E-state index in [1.54, 1.807) is 0 Å². The number of hydrogen-bond donors (Lipinski definition) is 0. The van der Waals surface area contributed by atoms with E-state index >= 15 is 0 Å². The average Bonchev–Trinajstić information content (AvgIpc) is 3.08. The summed E-state index contributed by atoms with van der Waals surface area (Å²) in [5.74, 6) is 3.36. The zero-order chi connectivity index (χ0) is 17.1. The van der Waals surface area contributed by atoms with Gasteiger partial charge in [-0.25, -0.2) is 4.79 Å². The SMILES string of the molecule is C=C(Cc1nc(C23CC4CC(CC2C4)C3)no1)C(=O)OC(C)(C)C. The van der Waals surface area contributed by atoms with Gasteiger partial charge < -0.3 is 9.26 Å². The molecule has 2 unspecified atom stereocenters. The van der Waals surface area contributed by atoms with Crippen molar-refractivity contribution in [2.45, 2.75) is 70.3 Å². The third-order valence-corrected chi connectivity index (χ3v) is 5.96. The molecule has 0 amide bonds. The molecular formula is C19H26N2O3. The number of nitrogens with zero attached hydrogens (tertiary/aromatic N) is 2. The Morgan fingerprint density at radius 1 is 1.29 bits per heavy atom. The minimum Gasteiger partial charge on any atom is -0.457 e. The second-order valence-electron chi connectivity index (χ2n) is 8.99. The van der Waals surface area contributed by atoms with E-state index in [1.807, 2.05) is 20.8 Å². The molecule has 4 aliphatic rings. The Hall–Kier alpha value is -1.65. The maximum atomic E-state index is 12.0. The van der Waals surface area contributed by atoms with Gasteiger partial charge in [0.1, 0.15) is 5.60 Å². The van der Waals surface area contributed by atoms with Crippen LogP contribution in [0.15, 0.2) is 16.7 Å². The first-order chi connectivity index (χ1) is 11.2. The molecule has 1 aromatic rings. The molecule has 1 aromatic heterocycles. The molecule has 5 heteroatoms. The lowest BCUT2D eigenvalue weighted by atomic mass is 9.75. The van der Waals surface area contributed by atoms with Crippen molar-refractivity contribution in [1.29, 1.82) is 0 Å². The Balaban J connectivity index is 1.46. The van der Waals surface area contributed by atoms with Gasteiger partial charge in [-0.05, 0) is 70.6 Å². The molecule has 0 spiro atoms. The maximum absolute atomic E-state index is 12.0. The number of ether oxygens (including phenoxy) is 1. The topological polar surface area (TPSA) is 65.2 Å².